The van der Waals surface area contributed by atoms with E-state index in [2.05, 4.69) is 11.2 Å². The van der Waals surface area contributed by atoms with Gasteiger partial charge < -0.3 is 19.9 Å². The Labute approximate surface area is 127 Å². The van der Waals surface area contributed by atoms with Crippen LogP contribution in [0.4, 0.5) is 5.69 Å². The molecule has 0 bridgehead atoms. The lowest BCUT2D eigenvalue weighted by Gasteiger charge is -2.13. The van der Waals surface area contributed by atoms with Crippen molar-refractivity contribution in [3.63, 3.8) is 0 Å². The van der Waals surface area contributed by atoms with Crippen LogP contribution in [0.25, 0.3) is 0 Å². The molecule has 2 N–H and O–H groups in total. The van der Waals surface area contributed by atoms with E-state index in [1.807, 2.05) is 0 Å². The maximum atomic E-state index is 11.4. The second-order valence-corrected chi connectivity index (χ2v) is 4.26. The van der Waals surface area contributed by atoms with Gasteiger partial charge in [0.2, 0.25) is 0 Å². The number of nitro groups is 1. The molecule has 1 amide bonds. The molecule has 0 radical (unpaired) electrons. The number of aliphatic hydroxyl groups excluding tert-OH is 1. The molecule has 1 atom stereocenters. The van der Waals surface area contributed by atoms with Gasteiger partial charge in [-0.05, 0) is 13.0 Å². The lowest BCUT2D eigenvalue weighted by Crippen LogP contribution is -2.29. The van der Waals surface area contributed by atoms with Gasteiger partial charge in [-0.15, -0.1) is 6.42 Å². The number of benzene rings is 1. The van der Waals surface area contributed by atoms with E-state index in [1.54, 1.807) is 0 Å². The number of amides is 1. The van der Waals surface area contributed by atoms with E-state index in [0.29, 0.717) is 0 Å². The molecule has 118 valence electrons. The number of ether oxygens (including phenoxy) is 2. The number of rotatable bonds is 7. The summed E-state index contributed by atoms with van der Waals surface area (Å²) >= 11 is 0. The Morgan fingerprint density at radius 3 is 2.73 bits per heavy atom. The Kier molecular flexibility index (Phi) is 6.16. The first-order chi connectivity index (χ1) is 10.4. The molecule has 0 aliphatic carbocycles. The molecule has 1 unspecified atom stereocenters. The quantitative estimate of drug-likeness (QED) is 0.437. The number of nitrogens with one attached hydrogen (secondary N) is 1. The van der Waals surface area contributed by atoms with E-state index in [1.165, 1.54) is 20.1 Å². The van der Waals surface area contributed by atoms with Crippen LogP contribution in [0.5, 0.6) is 11.5 Å². The summed E-state index contributed by atoms with van der Waals surface area (Å²) < 4.78 is 10.3. The van der Waals surface area contributed by atoms with Crippen molar-refractivity contribution < 1.29 is 24.3 Å². The third-order valence-electron chi connectivity index (χ3n) is 2.71. The van der Waals surface area contributed by atoms with Crippen LogP contribution in [0.15, 0.2) is 12.1 Å². The van der Waals surface area contributed by atoms with Crippen LogP contribution in [0.2, 0.25) is 0 Å². The number of aliphatic hydroxyl groups is 1. The van der Waals surface area contributed by atoms with E-state index in [-0.39, 0.29) is 35.9 Å². The van der Waals surface area contributed by atoms with Crippen molar-refractivity contribution in [1.29, 1.82) is 0 Å². The van der Waals surface area contributed by atoms with Crippen molar-refractivity contribution in [3.8, 4) is 23.8 Å². The van der Waals surface area contributed by atoms with Crippen LogP contribution in [-0.4, -0.2) is 36.2 Å². The van der Waals surface area contributed by atoms with Gasteiger partial charge in [0.15, 0.2) is 18.1 Å². The minimum absolute atomic E-state index is 0.0226. The van der Waals surface area contributed by atoms with Gasteiger partial charge in [0.25, 0.3) is 11.6 Å². The van der Waals surface area contributed by atoms with E-state index in [0.717, 1.165) is 6.07 Å². The third-order valence-corrected chi connectivity index (χ3v) is 2.71. The van der Waals surface area contributed by atoms with Gasteiger partial charge >= 0.3 is 0 Å². The molecule has 8 heteroatoms. The number of hydrogen-bond acceptors (Lipinski definition) is 6. The molecule has 0 saturated carbocycles. The summed E-state index contributed by atoms with van der Waals surface area (Å²) in [7, 11) is 1.35. The highest BCUT2D eigenvalue weighted by molar-refractivity contribution is 5.77. The van der Waals surface area contributed by atoms with Crippen molar-refractivity contribution >= 4 is 11.6 Å². The first-order valence-corrected chi connectivity index (χ1v) is 6.28. The normalized spacial score (nSPS) is 11.2. The monoisotopic (exact) mass is 308 g/mol. The summed E-state index contributed by atoms with van der Waals surface area (Å²) in [5, 5.41) is 23.0. The number of hydrogen-bond donors (Lipinski definition) is 2. The standard InChI is InChI=1S/C14H16N2O6/c1-4-5-15-14(18)8-22-13-7-11(16(19)20)10(9(2)17)6-12(13)21-3/h1,6-7,9,17H,5,8H2,2-3H3,(H,15,18). The van der Waals surface area contributed by atoms with Crippen LogP contribution >= 0.6 is 0 Å². The number of methoxy groups -OCH3 is 1. The topological polar surface area (TPSA) is 111 Å². The predicted molar refractivity (Wildman–Crippen MR) is 77.6 cm³/mol. The van der Waals surface area contributed by atoms with Crippen molar-refractivity contribution in [1.82, 2.24) is 5.32 Å². The zero-order chi connectivity index (χ0) is 16.7. The minimum Gasteiger partial charge on any atom is -0.493 e. The molecule has 1 rings (SSSR count). The summed E-state index contributed by atoms with van der Waals surface area (Å²) in [6.07, 6.45) is 3.95. The second kappa shape index (κ2) is 7.85. The fourth-order valence-corrected chi connectivity index (χ4v) is 1.67. The van der Waals surface area contributed by atoms with Crippen molar-refractivity contribution in [3.05, 3.63) is 27.8 Å². The fourth-order valence-electron chi connectivity index (χ4n) is 1.67. The highest BCUT2D eigenvalue weighted by Crippen LogP contribution is 2.37. The molecule has 1 aromatic rings. The largest absolute Gasteiger partial charge is 0.493 e. The first kappa shape index (κ1) is 17.3. The van der Waals surface area contributed by atoms with Crippen LogP contribution in [0, 0.1) is 22.5 Å². The molecule has 8 nitrogen and oxygen atoms in total. The smallest absolute Gasteiger partial charge is 0.279 e. The molecular weight excluding hydrogens is 292 g/mol. The van der Waals surface area contributed by atoms with Gasteiger partial charge in [0, 0.05) is 0 Å². The van der Waals surface area contributed by atoms with Crippen LogP contribution in [0.3, 0.4) is 0 Å². The molecule has 0 aliphatic rings. The van der Waals surface area contributed by atoms with Crippen molar-refractivity contribution in [2.75, 3.05) is 20.3 Å². The van der Waals surface area contributed by atoms with Gasteiger partial charge in [-0.3, -0.25) is 14.9 Å². The van der Waals surface area contributed by atoms with Gasteiger partial charge in [0.05, 0.1) is 36.3 Å². The second-order valence-electron chi connectivity index (χ2n) is 4.26. The summed E-state index contributed by atoms with van der Waals surface area (Å²) in [6.45, 7) is 1.08. The zero-order valence-corrected chi connectivity index (χ0v) is 12.2. The number of carbonyl (C=O) groups excluding carboxylic acids is 1. The molecule has 22 heavy (non-hydrogen) atoms. The Hall–Kier alpha value is -2.79. The lowest BCUT2D eigenvalue weighted by molar-refractivity contribution is -0.386. The molecule has 0 aromatic heterocycles. The molecular formula is C14H16N2O6. The number of carbonyl (C=O) groups is 1. The van der Waals surface area contributed by atoms with Crippen molar-refractivity contribution in [2.24, 2.45) is 0 Å². The van der Waals surface area contributed by atoms with E-state index < -0.39 is 16.9 Å². The summed E-state index contributed by atoms with van der Waals surface area (Å²) in [5.74, 6) is 1.96. The SMILES string of the molecule is C#CCNC(=O)COc1cc([N+](=O)[O-])c(C(C)O)cc1OC. The summed E-state index contributed by atoms with van der Waals surface area (Å²) in [4.78, 5) is 21.8. The fraction of sp³-hybridized carbons (Fsp3) is 0.357. The molecule has 0 fully saturated rings. The molecule has 1 aromatic carbocycles. The third kappa shape index (κ3) is 4.36. The number of terminal acetylenes is 1. The predicted octanol–water partition coefficient (Wildman–Crippen LogP) is 0.785. The lowest BCUT2D eigenvalue weighted by atomic mass is 10.1. The first-order valence-electron chi connectivity index (χ1n) is 6.28. The number of nitrogens with zero attached hydrogens (tertiary/aromatic N) is 1. The van der Waals surface area contributed by atoms with Crippen LogP contribution in [-0.2, 0) is 4.79 Å². The average Bonchev–Trinajstić information content (AvgIpc) is 2.49. The Morgan fingerprint density at radius 2 is 2.23 bits per heavy atom. The van der Waals surface area contributed by atoms with Gasteiger partial charge in [-0.1, -0.05) is 5.92 Å². The Balaban J connectivity index is 3.03. The van der Waals surface area contributed by atoms with E-state index >= 15 is 0 Å². The molecule has 0 spiro atoms. The highest BCUT2D eigenvalue weighted by atomic mass is 16.6. The van der Waals surface area contributed by atoms with Crippen LogP contribution < -0.4 is 14.8 Å². The van der Waals surface area contributed by atoms with Gasteiger partial charge in [0.1, 0.15) is 0 Å². The number of nitro benzene ring substituents is 1. The molecule has 0 heterocycles. The highest BCUT2D eigenvalue weighted by Gasteiger charge is 2.23. The summed E-state index contributed by atoms with van der Waals surface area (Å²) in [6, 6.07) is 2.41. The van der Waals surface area contributed by atoms with E-state index in [9.17, 15) is 20.0 Å². The average molecular weight is 308 g/mol. The Bertz CT molecular complexity index is 606. The maximum absolute atomic E-state index is 11.4. The minimum atomic E-state index is -1.05. The zero-order valence-electron chi connectivity index (χ0n) is 12.2. The Morgan fingerprint density at radius 1 is 1.55 bits per heavy atom. The van der Waals surface area contributed by atoms with Crippen LogP contribution in [0.1, 0.15) is 18.6 Å². The van der Waals surface area contributed by atoms with Crippen molar-refractivity contribution in [2.45, 2.75) is 13.0 Å². The van der Waals surface area contributed by atoms with Gasteiger partial charge in [-0.25, -0.2) is 0 Å². The molecule has 0 saturated heterocycles. The summed E-state index contributed by atoms with van der Waals surface area (Å²) in [5.41, 5.74) is -0.235. The maximum Gasteiger partial charge on any atom is 0.279 e. The van der Waals surface area contributed by atoms with Gasteiger partial charge in [-0.2, -0.15) is 0 Å². The molecule has 0 aliphatic heterocycles. The van der Waals surface area contributed by atoms with E-state index in [4.69, 9.17) is 15.9 Å².